The predicted molar refractivity (Wildman–Crippen MR) is 81.8 cm³/mol. The van der Waals surface area contributed by atoms with Crippen molar-refractivity contribution in [3.05, 3.63) is 18.3 Å². The molecule has 2 unspecified atom stereocenters. The molecule has 0 aromatic carbocycles. The van der Waals surface area contributed by atoms with Gasteiger partial charge in [0.25, 0.3) is 0 Å². The molecule has 1 saturated heterocycles. The fourth-order valence-corrected chi connectivity index (χ4v) is 3.94. The molecule has 4 rings (SSSR count). The molecule has 2 heterocycles. The Kier molecular flexibility index (Phi) is 3.01. The number of fused-ring (bicyclic) bond motifs is 1. The van der Waals surface area contributed by atoms with Gasteiger partial charge in [-0.1, -0.05) is 0 Å². The zero-order chi connectivity index (χ0) is 14.4. The highest BCUT2D eigenvalue weighted by Gasteiger charge is 2.48. The number of carbonyl (C=O) groups excluding carboxylic acids is 1. The zero-order valence-electron chi connectivity index (χ0n) is 12.2. The highest BCUT2D eigenvalue weighted by Crippen LogP contribution is 2.54. The summed E-state index contributed by atoms with van der Waals surface area (Å²) in [4.78, 5) is 21.0. The van der Waals surface area contributed by atoms with E-state index in [-0.39, 0.29) is 0 Å². The van der Waals surface area contributed by atoms with E-state index in [2.05, 4.69) is 14.8 Å². The van der Waals surface area contributed by atoms with Crippen molar-refractivity contribution in [2.75, 3.05) is 36.8 Å². The van der Waals surface area contributed by atoms with Gasteiger partial charge in [-0.05, 0) is 43.2 Å². The van der Waals surface area contributed by atoms with Crippen LogP contribution in [0.2, 0.25) is 0 Å². The summed E-state index contributed by atoms with van der Waals surface area (Å²) >= 11 is 0. The predicted octanol–water partition coefficient (Wildman–Crippen LogP) is 1.36. The van der Waals surface area contributed by atoms with Crippen molar-refractivity contribution in [2.24, 2.45) is 17.8 Å². The first-order valence-electron chi connectivity index (χ1n) is 7.96. The molecular weight excluding hydrogens is 264 g/mol. The van der Waals surface area contributed by atoms with Crippen LogP contribution in [-0.4, -0.2) is 42.0 Å². The Morgan fingerprint density at radius 1 is 1.10 bits per heavy atom. The molecule has 5 heteroatoms. The van der Waals surface area contributed by atoms with Gasteiger partial charge in [-0.25, -0.2) is 4.98 Å². The summed E-state index contributed by atoms with van der Waals surface area (Å²) < 4.78 is 0. The van der Waals surface area contributed by atoms with Crippen LogP contribution in [0.4, 0.5) is 11.5 Å². The van der Waals surface area contributed by atoms with Gasteiger partial charge in [-0.15, -0.1) is 0 Å². The van der Waals surface area contributed by atoms with Crippen LogP contribution in [0.3, 0.4) is 0 Å². The van der Waals surface area contributed by atoms with Crippen LogP contribution in [0, 0.1) is 17.8 Å². The molecule has 0 spiro atoms. The molecule has 0 bridgehead atoms. The van der Waals surface area contributed by atoms with Gasteiger partial charge in [0.2, 0.25) is 5.91 Å². The molecule has 1 aliphatic heterocycles. The number of carbonyl (C=O) groups is 1. The Hall–Kier alpha value is -1.78. The van der Waals surface area contributed by atoms with Gasteiger partial charge in [0.1, 0.15) is 5.82 Å². The lowest BCUT2D eigenvalue weighted by Gasteiger charge is -2.37. The number of aromatic nitrogens is 1. The number of nitrogen functional groups attached to an aromatic ring is 1. The molecule has 3 aliphatic rings. The minimum absolute atomic E-state index is 0.318. The molecule has 21 heavy (non-hydrogen) atoms. The maximum Gasteiger partial charge on any atom is 0.225 e. The highest BCUT2D eigenvalue weighted by molar-refractivity contribution is 5.79. The molecule has 1 amide bonds. The van der Waals surface area contributed by atoms with E-state index >= 15 is 0 Å². The molecule has 1 aromatic rings. The third kappa shape index (κ3) is 2.45. The molecular formula is C16H22N4O. The lowest BCUT2D eigenvalue weighted by atomic mass is 10.0. The largest absolute Gasteiger partial charge is 0.384 e. The monoisotopic (exact) mass is 286 g/mol. The maximum atomic E-state index is 12.5. The van der Waals surface area contributed by atoms with E-state index in [1.807, 2.05) is 18.3 Å². The van der Waals surface area contributed by atoms with Crippen molar-refractivity contribution >= 4 is 17.4 Å². The number of rotatable bonds is 2. The van der Waals surface area contributed by atoms with Crippen LogP contribution in [0.5, 0.6) is 0 Å². The number of pyridine rings is 1. The van der Waals surface area contributed by atoms with Crippen molar-refractivity contribution in [1.29, 1.82) is 0 Å². The molecule has 2 N–H and O–H groups in total. The summed E-state index contributed by atoms with van der Waals surface area (Å²) in [6.07, 6.45) is 5.48. The number of nitrogens with zero attached hydrogens (tertiary/aromatic N) is 3. The van der Waals surface area contributed by atoms with E-state index in [0.29, 0.717) is 17.6 Å². The summed E-state index contributed by atoms with van der Waals surface area (Å²) in [5.41, 5.74) is 6.72. The van der Waals surface area contributed by atoms with Crippen molar-refractivity contribution < 1.29 is 4.79 Å². The third-order valence-electron chi connectivity index (χ3n) is 5.32. The van der Waals surface area contributed by atoms with Gasteiger partial charge in [-0.2, -0.15) is 0 Å². The number of anilines is 2. The second kappa shape index (κ2) is 4.90. The first-order chi connectivity index (χ1) is 10.2. The molecule has 0 radical (unpaired) electrons. The molecule has 2 atom stereocenters. The summed E-state index contributed by atoms with van der Waals surface area (Å²) in [7, 11) is 0. The summed E-state index contributed by atoms with van der Waals surface area (Å²) in [6, 6.07) is 3.84. The SMILES string of the molecule is Nc1ccc(N2CCN(C(=O)C3CC4CC4C3)CC2)cn1. The quantitative estimate of drug-likeness (QED) is 0.891. The first-order valence-corrected chi connectivity index (χ1v) is 7.96. The van der Waals surface area contributed by atoms with Crippen LogP contribution in [0.15, 0.2) is 18.3 Å². The second-order valence-corrected chi connectivity index (χ2v) is 6.68. The highest BCUT2D eigenvalue weighted by atomic mass is 16.2. The Morgan fingerprint density at radius 3 is 2.43 bits per heavy atom. The van der Waals surface area contributed by atoms with Crippen LogP contribution < -0.4 is 10.6 Å². The number of hydrogen-bond donors (Lipinski definition) is 1. The Labute approximate surface area is 125 Å². The van der Waals surface area contributed by atoms with Gasteiger partial charge in [0.15, 0.2) is 0 Å². The maximum absolute atomic E-state index is 12.5. The van der Waals surface area contributed by atoms with E-state index < -0.39 is 0 Å². The smallest absolute Gasteiger partial charge is 0.225 e. The van der Waals surface area contributed by atoms with Crippen molar-refractivity contribution in [2.45, 2.75) is 19.3 Å². The van der Waals surface area contributed by atoms with E-state index in [0.717, 1.165) is 56.5 Å². The lowest BCUT2D eigenvalue weighted by Crippen LogP contribution is -2.50. The van der Waals surface area contributed by atoms with Crippen molar-refractivity contribution in [3.63, 3.8) is 0 Å². The average molecular weight is 286 g/mol. The van der Waals surface area contributed by atoms with Crippen LogP contribution in [0.1, 0.15) is 19.3 Å². The normalized spacial score (nSPS) is 31.1. The molecule has 112 valence electrons. The Bertz CT molecular complexity index is 526. The lowest BCUT2D eigenvalue weighted by molar-refractivity contribution is -0.136. The molecule has 2 aliphatic carbocycles. The van der Waals surface area contributed by atoms with E-state index in [1.165, 1.54) is 6.42 Å². The molecule has 2 saturated carbocycles. The average Bonchev–Trinajstić information content (AvgIpc) is 3.13. The van der Waals surface area contributed by atoms with E-state index in [4.69, 9.17) is 5.73 Å². The summed E-state index contributed by atoms with van der Waals surface area (Å²) in [5, 5.41) is 0. The first kappa shape index (κ1) is 12.9. The Morgan fingerprint density at radius 2 is 1.81 bits per heavy atom. The molecule has 5 nitrogen and oxygen atoms in total. The van der Waals surface area contributed by atoms with Crippen LogP contribution in [-0.2, 0) is 4.79 Å². The topological polar surface area (TPSA) is 62.5 Å². The standard InChI is InChI=1S/C16H22N4O/c17-15-2-1-14(10-18-15)19-3-5-20(6-4-19)16(21)13-8-11-7-12(11)9-13/h1-2,10-13H,3-9H2,(H2,17,18). The summed E-state index contributed by atoms with van der Waals surface area (Å²) in [5.74, 6) is 3.02. The zero-order valence-corrected chi connectivity index (χ0v) is 12.2. The summed E-state index contributed by atoms with van der Waals surface area (Å²) in [6.45, 7) is 3.43. The van der Waals surface area contributed by atoms with Crippen molar-refractivity contribution in [1.82, 2.24) is 9.88 Å². The van der Waals surface area contributed by atoms with E-state index in [9.17, 15) is 4.79 Å². The third-order valence-corrected chi connectivity index (χ3v) is 5.32. The second-order valence-electron chi connectivity index (χ2n) is 6.68. The fraction of sp³-hybridized carbons (Fsp3) is 0.625. The van der Waals surface area contributed by atoms with E-state index in [1.54, 1.807) is 0 Å². The Balaban J connectivity index is 1.33. The molecule has 3 fully saturated rings. The van der Waals surface area contributed by atoms with Gasteiger partial charge < -0.3 is 15.5 Å². The number of nitrogens with two attached hydrogens (primary N) is 1. The molecule has 1 aromatic heterocycles. The minimum atomic E-state index is 0.318. The van der Waals surface area contributed by atoms with Gasteiger partial charge in [-0.3, -0.25) is 4.79 Å². The van der Waals surface area contributed by atoms with Crippen LogP contribution >= 0.6 is 0 Å². The minimum Gasteiger partial charge on any atom is -0.384 e. The van der Waals surface area contributed by atoms with Gasteiger partial charge in [0.05, 0.1) is 11.9 Å². The van der Waals surface area contributed by atoms with Gasteiger partial charge >= 0.3 is 0 Å². The number of amides is 1. The van der Waals surface area contributed by atoms with Gasteiger partial charge in [0, 0.05) is 32.1 Å². The number of hydrogen-bond acceptors (Lipinski definition) is 4. The van der Waals surface area contributed by atoms with Crippen molar-refractivity contribution in [3.8, 4) is 0 Å². The van der Waals surface area contributed by atoms with Crippen LogP contribution in [0.25, 0.3) is 0 Å². The number of piperazine rings is 1. The fourth-order valence-electron chi connectivity index (χ4n) is 3.94.